The highest BCUT2D eigenvalue weighted by Crippen LogP contribution is 2.26. The lowest BCUT2D eigenvalue weighted by atomic mass is 10.0. The molecule has 0 N–H and O–H groups in total. The summed E-state index contributed by atoms with van der Waals surface area (Å²) in [6.45, 7) is 3.37. The highest BCUT2D eigenvalue weighted by Gasteiger charge is 2.24. The number of nitrogens with zero attached hydrogens (tertiary/aromatic N) is 1. The second kappa shape index (κ2) is 5.63. The van der Waals surface area contributed by atoms with Gasteiger partial charge in [0.25, 0.3) is 5.69 Å². The Morgan fingerprint density at radius 1 is 1.53 bits per heavy atom. The molecule has 1 aromatic rings. The Kier molecular flexibility index (Phi) is 4.45. The lowest BCUT2D eigenvalue weighted by Gasteiger charge is -2.07. The van der Waals surface area contributed by atoms with E-state index in [9.17, 15) is 14.9 Å². The number of benzene rings is 1. The number of halogens is 1. The van der Waals surface area contributed by atoms with Gasteiger partial charge in [-0.15, -0.1) is 11.6 Å². The predicted molar refractivity (Wildman–Crippen MR) is 63.3 cm³/mol. The number of ether oxygens (including phenoxy) is 1. The van der Waals surface area contributed by atoms with Crippen LogP contribution in [0.25, 0.3) is 0 Å². The second-order valence-electron chi connectivity index (χ2n) is 3.42. The highest BCUT2D eigenvalue weighted by atomic mass is 35.5. The average Bonchev–Trinajstić information content (AvgIpc) is 2.27. The number of rotatable bonds is 4. The van der Waals surface area contributed by atoms with E-state index in [-0.39, 0.29) is 23.7 Å². The normalized spacial score (nSPS) is 10.1. The van der Waals surface area contributed by atoms with Crippen molar-refractivity contribution in [1.82, 2.24) is 0 Å². The van der Waals surface area contributed by atoms with Crippen molar-refractivity contribution >= 4 is 23.3 Å². The Balaban J connectivity index is 3.37. The molecule has 17 heavy (non-hydrogen) atoms. The van der Waals surface area contributed by atoms with Crippen LogP contribution in [-0.2, 0) is 10.6 Å². The molecule has 0 unspecified atom stereocenters. The third-order valence-electron chi connectivity index (χ3n) is 2.19. The molecule has 0 heterocycles. The fourth-order valence-electron chi connectivity index (χ4n) is 1.54. The Morgan fingerprint density at radius 2 is 2.18 bits per heavy atom. The van der Waals surface area contributed by atoms with E-state index in [1.54, 1.807) is 19.9 Å². The topological polar surface area (TPSA) is 69.4 Å². The summed E-state index contributed by atoms with van der Waals surface area (Å²) in [5, 5.41) is 10.9. The zero-order valence-electron chi connectivity index (χ0n) is 9.53. The fourth-order valence-corrected chi connectivity index (χ4v) is 1.69. The Morgan fingerprint density at radius 3 is 2.65 bits per heavy atom. The van der Waals surface area contributed by atoms with Gasteiger partial charge in [0, 0.05) is 11.4 Å². The first kappa shape index (κ1) is 13.4. The molecule has 0 amide bonds. The van der Waals surface area contributed by atoms with Crippen LogP contribution in [0.2, 0.25) is 0 Å². The molecule has 0 atom stereocenters. The SMILES string of the molecule is CCOC(=O)c1cc(CCl)cc(C)c1[N+](=O)[O-]. The largest absolute Gasteiger partial charge is 0.462 e. The van der Waals surface area contributed by atoms with Crippen LogP contribution in [-0.4, -0.2) is 17.5 Å². The summed E-state index contributed by atoms with van der Waals surface area (Å²) in [5.41, 5.74) is 0.777. The van der Waals surface area contributed by atoms with Gasteiger partial charge in [-0.25, -0.2) is 4.79 Å². The van der Waals surface area contributed by atoms with Crippen LogP contribution >= 0.6 is 11.6 Å². The summed E-state index contributed by atoms with van der Waals surface area (Å²) in [7, 11) is 0. The molecule has 0 radical (unpaired) electrons. The second-order valence-corrected chi connectivity index (χ2v) is 3.69. The van der Waals surface area contributed by atoms with Crippen LogP contribution in [0.1, 0.15) is 28.4 Å². The van der Waals surface area contributed by atoms with Crippen molar-refractivity contribution < 1.29 is 14.5 Å². The molecule has 0 aromatic heterocycles. The van der Waals surface area contributed by atoms with Crippen LogP contribution in [0.5, 0.6) is 0 Å². The van der Waals surface area contributed by atoms with Crippen LogP contribution in [0.15, 0.2) is 12.1 Å². The van der Waals surface area contributed by atoms with Gasteiger partial charge in [0.2, 0.25) is 0 Å². The van der Waals surface area contributed by atoms with E-state index in [4.69, 9.17) is 16.3 Å². The van der Waals surface area contributed by atoms with Gasteiger partial charge in [-0.3, -0.25) is 10.1 Å². The average molecular weight is 258 g/mol. The third-order valence-corrected chi connectivity index (χ3v) is 2.50. The standard InChI is InChI=1S/C11H12ClNO4/c1-3-17-11(14)9-5-8(6-12)4-7(2)10(9)13(15)16/h4-5H,3,6H2,1-2H3. The molecule has 0 spiro atoms. The van der Waals surface area contributed by atoms with Crippen molar-refractivity contribution in [3.8, 4) is 0 Å². The molecule has 0 aliphatic rings. The van der Waals surface area contributed by atoms with Crippen molar-refractivity contribution in [2.75, 3.05) is 6.61 Å². The first-order valence-electron chi connectivity index (χ1n) is 5.02. The maximum atomic E-state index is 11.6. The molecule has 1 aromatic carbocycles. The molecule has 0 saturated heterocycles. The van der Waals surface area contributed by atoms with Gasteiger partial charge in [-0.1, -0.05) is 0 Å². The zero-order valence-corrected chi connectivity index (χ0v) is 10.3. The van der Waals surface area contributed by atoms with Crippen molar-refractivity contribution in [1.29, 1.82) is 0 Å². The first-order chi connectivity index (χ1) is 8.01. The van der Waals surface area contributed by atoms with Gasteiger partial charge in [0.1, 0.15) is 5.56 Å². The fraction of sp³-hybridized carbons (Fsp3) is 0.364. The third kappa shape index (κ3) is 2.94. The molecular weight excluding hydrogens is 246 g/mol. The molecule has 5 nitrogen and oxygen atoms in total. The van der Waals surface area contributed by atoms with Crippen LogP contribution in [0.4, 0.5) is 5.69 Å². The summed E-state index contributed by atoms with van der Waals surface area (Å²) < 4.78 is 4.79. The van der Waals surface area contributed by atoms with E-state index < -0.39 is 10.9 Å². The van der Waals surface area contributed by atoms with Crippen LogP contribution in [0.3, 0.4) is 0 Å². The van der Waals surface area contributed by atoms with Gasteiger partial charge >= 0.3 is 5.97 Å². The zero-order chi connectivity index (χ0) is 13.0. The van der Waals surface area contributed by atoms with E-state index >= 15 is 0 Å². The summed E-state index contributed by atoms with van der Waals surface area (Å²) in [4.78, 5) is 22.0. The molecule has 0 aliphatic carbocycles. The number of hydrogen-bond donors (Lipinski definition) is 0. The summed E-state index contributed by atoms with van der Waals surface area (Å²) in [6.07, 6.45) is 0. The number of hydrogen-bond acceptors (Lipinski definition) is 4. The quantitative estimate of drug-likeness (QED) is 0.360. The number of carbonyl (C=O) groups is 1. The summed E-state index contributed by atoms with van der Waals surface area (Å²) >= 11 is 5.66. The smallest absolute Gasteiger partial charge is 0.345 e. The van der Waals surface area contributed by atoms with Crippen molar-refractivity contribution in [2.45, 2.75) is 19.7 Å². The van der Waals surface area contributed by atoms with E-state index in [1.807, 2.05) is 0 Å². The maximum absolute atomic E-state index is 11.6. The number of nitro groups is 1. The van der Waals surface area contributed by atoms with Crippen LogP contribution < -0.4 is 0 Å². The number of carbonyl (C=O) groups excluding carboxylic acids is 1. The van der Waals surface area contributed by atoms with Crippen LogP contribution in [0, 0.1) is 17.0 Å². The van der Waals surface area contributed by atoms with Gasteiger partial charge < -0.3 is 4.74 Å². The molecule has 0 fully saturated rings. The summed E-state index contributed by atoms with van der Waals surface area (Å²) in [5.74, 6) is -0.514. The Labute approximate surface area is 103 Å². The van der Waals surface area contributed by atoms with Crippen molar-refractivity contribution in [2.24, 2.45) is 0 Å². The molecule has 6 heteroatoms. The lowest BCUT2D eigenvalue weighted by Crippen LogP contribution is -2.10. The van der Waals surface area contributed by atoms with Crippen molar-refractivity contribution in [3.63, 3.8) is 0 Å². The maximum Gasteiger partial charge on any atom is 0.345 e. The Bertz CT molecular complexity index is 459. The van der Waals surface area contributed by atoms with Gasteiger partial charge in [-0.2, -0.15) is 0 Å². The van der Waals surface area contributed by atoms with Gasteiger partial charge in [-0.05, 0) is 31.5 Å². The van der Waals surface area contributed by atoms with Gasteiger partial charge in [0.05, 0.1) is 11.5 Å². The highest BCUT2D eigenvalue weighted by molar-refractivity contribution is 6.17. The number of alkyl halides is 1. The molecular formula is C11H12ClNO4. The number of esters is 1. The minimum absolute atomic E-state index is 0.0486. The first-order valence-corrected chi connectivity index (χ1v) is 5.55. The minimum atomic E-state index is -0.700. The molecule has 1 rings (SSSR count). The molecule has 0 bridgehead atoms. The van der Waals surface area contributed by atoms with Crippen molar-refractivity contribution in [3.05, 3.63) is 38.9 Å². The van der Waals surface area contributed by atoms with E-state index in [0.29, 0.717) is 11.1 Å². The number of nitro benzene ring substituents is 1. The molecule has 0 saturated carbocycles. The van der Waals surface area contributed by atoms with E-state index in [2.05, 4.69) is 0 Å². The predicted octanol–water partition coefficient (Wildman–Crippen LogP) is 2.82. The van der Waals surface area contributed by atoms with E-state index in [1.165, 1.54) is 6.07 Å². The number of aryl methyl sites for hydroxylation is 1. The van der Waals surface area contributed by atoms with Gasteiger partial charge in [0.15, 0.2) is 0 Å². The van der Waals surface area contributed by atoms with E-state index in [0.717, 1.165) is 0 Å². The summed E-state index contributed by atoms with van der Waals surface area (Å²) in [6, 6.07) is 2.99. The minimum Gasteiger partial charge on any atom is -0.462 e. The molecule has 92 valence electrons. The monoisotopic (exact) mass is 257 g/mol. The Hall–Kier alpha value is -1.62. The lowest BCUT2D eigenvalue weighted by molar-refractivity contribution is -0.385. The molecule has 0 aliphatic heterocycles.